The number of nitrogens with two attached hydrogens (primary N) is 1. The molecule has 5 heteroatoms. The van der Waals surface area contributed by atoms with Crippen molar-refractivity contribution in [2.75, 3.05) is 5.73 Å². The van der Waals surface area contributed by atoms with Crippen LogP contribution in [0.5, 0.6) is 0 Å². The Morgan fingerprint density at radius 2 is 2.21 bits per heavy atom. The first-order valence-corrected chi connectivity index (χ1v) is 5.27. The quantitative estimate of drug-likeness (QED) is 0.812. The van der Waals surface area contributed by atoms with Crippen LogP contribution in [0.4, 0.5) is 5.95 Å². The van der Waals surface area contributed by atoms with Gasteiger partial charge in [-0.2, -0.15) is 0 Å². The van der Waals surface area contributed by atoms with E-state index in [4.69, 9.17) is 17.3 Å². The summed E-state index contributed by atoms with van der Waals surface area (Å²) >= 11 is 7.47. The van der Waals surface area contributed by atoms with Gasteiger partial charge in [0.2, 0.25) is 5.95 Å². The second kappa shape index (κ2) is 3.55. The van der Waals surface area contributed by atoms with Gasteiger partial charge in [-0.15, -0.1) is 11.3 Å². The van der Waals surface area contributed by atoms with Gasteiger partial charge in [-0.1, -0.05) is 11.6 Å². The van der Waals surface area contributed by atoms with Gasteiger partial charge in [0.1, 0.15) is 4.34 Å². The molecule has 0 aromatic carbocycles. The van der Waals surface area contributed by atoms with E-state index in [0.717, 1.165) is 21.3 Å². The lowest BCUT2D eigenvalue weighted by atomic mass is 10.2. The molecule has 0 aliphatic heterocycles. The second-order valence-corrected chi connectivity index (χ2v) is 4.38. The van der Waals surface area contributed by atoms with Gasteiger partial charge in [-0.3, -0.25) is 0 Å². The van der Waals surface area contributed by atoms with Crippen LogP contribution in [0, 0.1) is 6.92 Å². The van der Waals surface area contributed by atoms with Crippen molar-refractivity contribution in [2.45, 2.75) is 6.92 Å². The number of thiophene rings is 1. The van der Waals surface area contributed by atoms with Crippen molar-refractivity contribution in [2.24, 2.45) is 0 Å². The van der Waals surface area contributed by atoms with Gasteiger partial charge in [0.25, 0.3) is 0 Å². The minimum Gasteiger partial charge on any atom is -0.368 e. The highest BCUT2D eigenvalue weighted by molar-refractivity contribution is 7.15. The summed E-state index contributed by atoms with van der Waals surface area (Å²) in [4.78, 5) is 8.13. The smallest absolute Gasteiger partial charge is 0.220 e. The lowest BCUT2D eigenvalue weighted by molar-refractivity contribution is 1.12. The van der Waals surface area contributed by atoms with E-state index < -0.39 is 0 Å². The van der Waals surface area contributed by atoms with Crippen LogP contribution in [0.1, 0.15) is 5.69 Å². The first kappa shape index (κ1) is 9.43. The highest BCUT2D eigenvalue weighted by atomic mass is 35.5. The van der Waals surface area contributed by atoms with Crippen LogP contribution >= 0.6 is 22.9 Å². The Labute approximate surface area is 90.6 Å². The molecular formula is C9H8ClN3S. The molecule has 0 radical (unpaired) electrons. The van der Waals surface area contributed by atoms with Gasteiger partial charge >= 0.3 is 0 Å². The van der Waals surface area contributed by atoms with Crippen LogP contribution in [-0.4, -0.2) is 9.97 Å². The number of nitrogen functional groups attached to an aromatic ring is 1. The third kappa shape index (κ3) is 1.71. The van der Waals surface area contributed by atoms with Crippen molar-refractivity contribution in [3.63, 3.8) is 0 Å². The Hall–Kier alpha value is -1.13. The summed E-state index contributed by atoms with van der Waals surface area (Å²) in [7, 11) is 0. The molecule has 2 rings (SSSR count). The van der Waals surface area contributed by atoms with Gasteiger partial charge in [-0.05, 0) is 24.4 Å². The van der Waals surface area contributed by atoms with Crippen molar-refractivity contribution >= 4 is 28.9 Å². The minimum atomic E-state index is 0.280. The summed E-state index contributed by atoms with van der Waals surface area (Å²) in [5, 5.41) is 1.92. The molecule has 0 saturated heterocycles. The Morgan fingerprint density at radius 1 is 1.43 bits per heavy atom. The highest BCUT2D eigenvalue weighted by Crippen LogP contribution is 2.31. The predicted molar refractivity (Wildman–Crippen MR) is 59.5 cm³/mol. The number of halogens is 1. The van der Waals surface area contributed by atoms with E-state index in [1.807, 2.05) is 24.4 Å². The zero-order chi connectivity index (χ0) is 10.1. The predicted octanol–water partition coefficient (Wildman–Crippen LogP) is 2.75. The second-order valence-electron chi connectivity index (χ2n) is 2.86. The molecule has 0 aliphatic rings. The third-order valence-electron chi connectivity index (χ3n) is 1.77. The van der Waals surface area contributed by atoms with Gasteiger partial charge < -0.3 is 5.73 Å². The number of hydrogen-bond acceptors (Lipinski definition) is 4. The maximum absolute atomic E-state index is 6.00. The summed E-state index contributed by atoms with van der Waals surface area (Å²) in [5.74, 6) is 0.280. The van der Waals surface area contributed by atoms with Crippen LogP contribution in [0.3, 0.4) is 0 Å². The van der Waals surface area contributed by atoms with Crippen molar-refractivity contribution in [1.29, 1.82) is 0 Å². The molecule has 0 saturated carbocycles. The molecule has 0 spiro atoms. The molecule has 2 N–H and O–H groups in total. The molecule has 0 unspecified atom stereocenters. The van der Waals surface area contributed by atoms with Crippen molar-refractivity contribution in [3.05, 3.63) is 27.5 Å². The summed E-state index contributed by atoms with van der Waals surface area (Å²) in [5.41, 5.74) is 8.09. The van der Waals surface area contributed by atoms with E-state index in [0.29, 0.717) is 0 Å². The van der Waals surface area contributed by atoms with Crippen LogP contribution in [0.25, 0.3) is 11.3 Å². The van der Waals surface area contributed by atoms with Gasteiger partial charge in [0.15, 0.2) is 0 Å². The van der Waals surface area contributed by atoms with Crippen LogP contribution in [0.15, 0.2) is 17.5 Å². The first-order chi connectivity index (χ1) is 6.66. The summed E-state index contributed by atoms with van der Waals surface area (Å²) in [6.07, 6.45) is 0. The summed E-state index contributed by atoms with van der Waals surface area (Å²) < 4.78 is 0.725. The standard InChI is InChI=1S/C9H8ClN3S/c1-5-4-7(13-9(11)12-5)6-2-3-14-8(6)10/h2-4H,1H3,(H2,11,12,13). The average Bonchev–Trinajstić information content (AvgIpc) is 2.49. The molecule has 0 fully saturated rings. The molecule has 2 aromatic heterocycles. The van der Waals surface area contributed by atoms with Crippen LogP contribution in [0.2, 0.25) is 4.34 Å². The topological polar surface area (TPSA) is 51.8 Å². The highest BCUT2D eigenvalue weighted by Gasteiger charge is 2.07. The van der Waals surface area contributed by atoms with Crippen molar-refractivity contribution in [3.8, 4) is 11.3 Å². The number of aryl methyl sites for hydroxylation is 1. The van der Waals surface area contributed by atoms with E-state index in [1.54, 1.807) is 0 Å². The van der Waals surface area contributed by atoms with E-state index in [9.17, 15) is 0 Å². The fourth-order valence-corrected chi connectivity index (χ4v) is 2.14. The van der Waals surface area contributed by atoms with E-state index in [2.05, 4.69) is 9.97 Å². The van der Waals surface area contributed by atoms with E-state index >= 15 is 0 Å². The zero-order valence-electron chi connectivity index (χ0n) is 7.49. The van der Waals surface area contributed by atoms with E-state index in [1.165, 1.54) is 11.3 Å². The average molecular weight is 226 g/mol. The molecular weight excluding hydrogens is 218 g/mol. The maximum atomic E-state index is 6.00. The maximum Gasteiger partial charge on any atom is 0.220 e. The largest absolute Gasteiger partial charge is 0.368 e. The van der Waals surface area contributed by atoms with Gasteiger partial charge in [0.05, 0.1) is 5.69 Å². The Balaban J connectivity index is 2.57. The fraction of sp³-hybridized carbons (Fsp3) is 0.111. The normalized spacial score (nSPS) is 10.4. The lowest BCUT2D eigenvalue weighted by Gasteiger charge is -2.01. The van der Waals surface area contributed by atoms with Crippen LogP contribution < -0.4 is 5.73 Å². The number of rotatable bonds is 1. The number of aromatic nitrogens is 2. The molecule has 2 aromatic rings. The number of hydrogen-bond donors (Lipinski definition) is 1. The number of anilines is 1. The first-order valence-electron chi connectivity index (χ1n) is 4.01. The van der Waals surface area contributed by atoms with Crippen molar-refractivity contribution < 1.29 is 0 Å². The molecule has 2 heterocycles. The molecule has 0 bridgehead atoms. The Kier molecular flexibility index (Phi) is 2.39. The monoisotopic (exact) mass is 225 g/mol. The molecule has 72 valence electrons. The van der Waals surface area contributed by atoms with E-state index in [-0.39, 0.29) is 5.95 Å². The summed E-state index contributed by atoms with van der Waals surface area (Å²) in [6.45, 7) is 1.88. The molecule has 3 nitrogen and oxygen atoms in total. The van der Waals surface area contributed by atoms with Gasteiger partial charge in [-0.25, -0.2) is 9.97 Å². The lowest BCUT2D eigenvalue weighted by Crippen LogP contribution is -1.97. The zero-order valence-corrected chi connectivity index (χ0v) is 9.06. The Bertz CT molecular complexity index is 447. The number of nitrogens with zero attached hydrogens (tertiary/aromatic N) is 2. The SMILES string of the molecule is Cc1cc(-c2ccsc2Cl)nc(N)n1. The molecule has 0 amide bonds. The van der Waals surface area contributed by atoms with Crippen LogP contribution in [-0.2, 0) is 0 Å². The summed E-state index contributed by atoms with van der Waals surface area (Å²) in [6, 6.07) is 3.79. The van der Waals surface area contributed by atoms with Gasteiger partial charge in [0, 0.05) is 11.3 Å². The third-order valence-corrected chi connectivity index (χ3v) is 2.94. The molecule has 0 aliphatic carbocycles. The minimum absolute atomic E-state index is 0.280. The van der Waals surface area contributed by atoms with Crippen molar-refractivity contribution in [1.82, 2.24) is 9.97 Å². The Morgan fingerprint density at radius 3 is 2.79 bits per heavy atom. The molecule has 14 heavy (non-hydrogen) atoms. The fourth-order valence-electron chi connectivity index (χ4n) is 1.21. The molecule has 0 atom stereocenters.